The van der Waals surface area contributed by atoms with Crippen molar-refractivity contribution in [3.63, 3.8) is 0 Å². The van der Waals surface area contributed by atoms with E-state index in [-0.39, 0.29) is 10.9 Å². The molecule has 0 fully saturated rings. The maximum atomic E-state index is 11.8. The van der Waals surface area contributed by atoms with Crippen molar-refractivity contribution in [1.82, 2.24) is 10.1 Å². The van der Waals surface area contributed by atoms with Gasteiger partial charge in [-0.05, 0) is 31.2 Å². The molecular weight excluding hydrogens is 244 g/mol. The highest BCUT2D eigenvalue weighted by atomic mass is 32.2. The summed E-state index contributed by atoms with van der Waals surface area (Å²) in [6.45, 7) is 1.59. The van der Waals surface area contributed by atoms with Gasteiger partial charge in [-0.25, -0.2) is 13.1 Å². The second kappa shape index (κ2) is 4.06. The lowest BCUT2D eigenvalue weighted by Gasteiger charge is -2.03. The third-order valence-electron chi connectivity index (χ3n) is 1.94. The van der Waals surface area contributed by atoms with Crippen LogP contribution in [-0.4, -0.2) is 18.6 Å². The Bertz CT molecular complexity index is 618. The van der Waals surface area contributed by atoms with Crippen LogP contribution < -0.4 is 10.5 Å². The van der Waals surface area contributed by atoms with E-state index in [0.29, 0.717) is 11.5 Å². The number of nitrogens with one attached hydrogen (secondary N) is 1. The molecule has 0 bridgehead atoms. The lowest BCUT2D eigenvalue weighted by molar-refractivity contribution is 0.429. The first kappa shape index (κ1) is 11.4. The van der Waals surface area contributed by atoms with Crippen molar-refractivity contribution >= 4 is 21.7 Å². The van der Waals surface area contributed by atoms with Crippen LogP contribution in [0.1, 0.15) is 5.82 Å². The summed E-state index contributed by atoms with van der Waals surface area (Å²) >= 11 is 0. The zero-order valence-electron chi connectivity index (χ0n) is 8.91. The molecule has 2 rings (SSSR count). The van der Waals surface area contributed by atoms with Gasteiger partial charge < -0.3 is 10.3 Å². The van der Waals surface area contributed by atoms with E-state index in [9.17, 15) is 8.42 Å². The molecule has 0 saturated carbocycles. The molecule has 0 radical (unpaired) electrons. The highest BCUT2D eigenvalue weighted by Crippen LogP contribution is 2.15. The zero-order valence-corrected chi connectivity index (χ0v) is 9.73. The van der Waals surface area contributed by atoms with Crippen LogP contribution in [0.2, 0.25) is 0 Å². The highest BCUT2D eigenvalue weighted by molar-refractivity contribution is 7.92. The summed E-state index contributed by atoms with van der Waals surface area (Å²) in [5, 5.41) is 3.48. The molecule has 0 aliphatic rings. The fourth-order valence-electron chi connectivity index (χ4n) is 1.16. The van der Waals surface area contributed by atoms with Gasteiger partial charge in [0.2, 0.25) is 0 Å². The first-order chi connectivity index (χ1) is 7.97. The minimum atomic E-state index is -3.72. The Hall–Kier alpha value is -2.09. The van der Waals surface area contributed by atoms with Crippen molar-refractivity contribution in [2.45, 2.75) is 11.8 Å². The summed E-state index contributed by atoms with van der Waals surface area (Å²) < 4.78 is 30.5. The SMILES string of the molecule is Cc1noc(NS(=O)(=O)c2ccc(N)cc2)n1. The van der Waals surface area contributed by atoms with Gasteiger partial charge in [0.1, 0.15) is 0 Å². The number of benzene rings is 1. The summed E-state index contributed by atoms with van der Waals surface area (Å²) in [5.41, 5.74) is 5.95. The molecule has 2 aromatic rings. The van der Waals surface area contributed by atoms with Crippen molar-refractivity contribution < 1.29 is 12.9 Å². The van der Waals surface area contributed by atoms with E-state index < -0.39 is 10.0 Å². The number of aryl methyl sites for hydroxylation is 1. The van der Waals surface area contributed by atoms with E-state index in [1.165, 1.54) is 24.3 Å². The molecule has 8 heteroatoms. The number of aromatic nitrogens is 2. The largest absolute Gasteiger partial charge is 0.399 e. The van der Waals surface area contributed by atoms with E-state index in [1.807, 2.05) is 0 Å². The second-order valence-electron chi connectivity index (χ2n) is 3.32. The fourth-order valence-corrected chi connectivity index (χ4v) is 2.08. The molecule has 90 valence electrons. The van der Waals surface area contributed by atoms with Gasteiger partial charge in [-0.15, -0.1) is 0 Å². The number of nitrogen functional groups attached to an aromatic ring is 1. The van der Waals surface area contributed by atoms with E-state index in [2.05, 4.69) is 19.4 Å². The maximum absolute atomic E-state index is 11.8. The van der Waals surface area contributed by atoms with E-state index in [4.69, 9.17) is 5.73 Å². The molecule has 0 amide bonds. The number of rotatable bonds is 3. The lowest BCUT2D eigenvalue weighted by atomic mass is 10.3. The molecule has 0 saturated heterocycles. The van der Waals surface area contributed by atoms with Crippen molar-refractivity contribution in [2.24, 2.45) is 0 Å². The Kier molecular flexibility index (Phi) is 2.72. The molecule has 3 N–H and O–H groups in total. The molecule has 0 atom stereocenters. The minimum Gasteiger partial charge on any atom is -0.399 e. The van der Waals surface area contributed by atoms with Crippen molar-refractivity contribution in [1.29, 1.82) is 0 Å². The Balaban J connectivity index is 2.28. The average molecular weight is 254 g/mol. The summed E-state index contributed by atoms with van der Waals surface area (Å²) in [6.07, 6.45) is 0. The predicted molar refractivity (Wildman–Crippen MR) is 60.7 cm³/mol. The summed E-state index contributed by atoms with van der Waals surface area (Å²) in [6, 6.07) is 5.60. The third-order valence-corrected chi connectivity index (χ3v) is 3.28. The van der Waals surface area contributed by atoms with Gasteiger partial charge in [0.15, 0.2) is 5.82 Å². The number of nitrogens with zero attached hydrogens (tertiary/aromatic N) is 2. The predicted octanol–water partition coefficient (Wildman–Crippen LogP) is 0.761. The molecule has 1 aromatic heterocycles. The summed E-state index contributed by atoms with van der Waals surface area (Å²) in [5.74, 6) is 0.347. The Morgan fingerprint density at radius 2 is 1.94 bits per heavy atom. The van der Waals surface area contributed by atoms with Gasteiger partial charge >= 0.3 is 6.01 Å². The van der Waals surface area contributed by atoms with E-state index >= 15 is 0 Å². The van der Waals surface area contributed by atoms with E-state index in [0.717, 1.165) is 0 Å². The van der Waals surface area contributed by atoms with Crippen LogP contribution in [0.25, 0.3) is 0 Å². The standard InChI is InChI=1S/C9H10N4O3S/c1-6-11-9(16-12-6)13-17(14,15)8-4-2-7(10)3-5-8/h2-5H,10H2,1H3,(H,11,12,13). The molecule has 0 aliphatic carbocycles. The second-order valence-corrected chi connectivity index (χ2v) is 5.00. The number of hydrogen-bond donors (Lipinski definition) is 2. The van der Waals surface area contributed by atoms with Gasteiger partial charge in [-0.2, -0.15) is 4.98 Å². The molecule has 7 nitrogen and oxygen atoms in total. The fraction of sp³-hybridized carbons (Fsp3) is 0.111. The normalized spacial score (nSPS) is 11.4. The van der Waals surface area contributed by atoms with Crippen LogP contribution in [0.15, 0.2) is 33.7 Å². The molecule has 0 aliphatic heterocycles. The van der Waals surface area contributed by atoms with Gasteiger partial charge in [-0.3, -0.25) is 0 Å². The van der Waals surface area contributed by atoms with Gasteiger partial charge in [0.05, 0.1) is 4.90 Å². The van der Waals surface area contributed by atoms with Gasteiger partial charge in [0, 0.05) is 5.69 Å². The lowest BCUT2D eigenvalue weighted by Crippen LogP contribution is -2.13. The van der Waals surface area contributed by atoms with Crippen LogP contribution in [0.3, 0.4) is 0 Å². The maximum Gasteiger partial charge on any atom is 0.335 e. The molecular formula is C9H10N4O3S. The Morgan fingerprint density at radius 3 is 2.47 bits per heavy atom. The topological polar surface area (TPSA) is 111 Å². The molecule has 1 aromatic carbocycles. The molecule has 0 spiro atoms. The number of sulfonamides is 1. The van der Waals surface area contributed by atoms with Crippen molar-refractivity contribution in [3.8, 4) is 0 Å². The number of nitrogens with two attached hydrogens (primary N) is 1. The first-order valence-electron chi connectivity index (χ1n) is 4.66. The monoisotopic (exact) mass is 254 g/mol. The molecule has 17 heavy (non-hydrogen) atoms. The Labute approximate surface area is 97.7 Å². The van der Waals surface area contributed by atoms with Gasteiger partial charge in [-0.1, -0.05) is 5.16 Å². The first-order valence-corrected chi connectivity index (χ1v) is 6.14. The van der Waals surface area contributed by atoms with Crippen LogP contribution in [-0.2, 0) is 10.0 Å². The summed E-state index contributed by atoms with van der Waals surface area (Å²) in [7, 11) is -3.72. The highest BCUT2D eigenvalue weighted by Gasteiger charge is 2.17. The average Bonchev–Trinajstić information content (AvgIpc) is 2.63. The van der Waals surface area contributed by atoms with Crippen LogP contribution in [0.5, 0.6) is 0 Å². The quantitative estimate of drug-likeness (QED) is 0.782. The summed E-state index contributed by atoms with van der Waals surface area (Å²) in [4.78, 5) is 3.82. The van der Waals surface area contributed by atoms with E-state index in [1.54, 1.807) is 6.92 Å². The zero-order chi connectivity index (χ0) is 12.5. The number of anilines is 2. The Morgan fingerprint density at radius 1 is 1.29 bits per heavy atom. The van der Waals surface area contributed by atoms with Crippen LogP contribution in [0.4, 0.5) is 11.7 Å². The van der Waals surface area contributed by atoms with Crippen LogP contribution >= 0.6 is 0 Å². The number of hydrogen-bond acceptors (Lipinski definition) is 6. The molecule has 1 heterocycles. The van der Waals surface area contributed by atoms with Gasteiger partial charge in [0.25, 0.3) is 10.0 Å². The minimum absolute atomic E-state index is 0.0718. The van der Waals surface area contributed by atoms with Crippen molar-refractivity contribution in [2.75, 3.05) is 10.5 Å². The molecule has 0 unspecified atom stereocenters. The third kappa shape index (κ3) is 2.53. The smallest absolute Gasteiger partial charge is 0.335 e. The van der Waals surface area contributed by atoms with Crippen LogP contribution in [0, 0.1) is 6.92 Å². The van der Waals surface area contributed by atoms with Crippen molar-refractivity contribution in [3.05, 3.63) is 30.1 Å².